The van der Waals surface area contributed by atoms with Gasteiger partial charge in [-0.05, 0) is 25.7 Å². The molecular weight excluding hydrogens is 164 g/mol. The predicted molar refractivity (Wildman–Crippen MR) is 53.7 cm³/mol. The molecule has 1 fully saturated rings. The maximum absolute atomic E-state index is 11.7. The predicted octanol–water partition coefficient (Wildman–Crippen LogP) is 1.93. The Bertz CT molecular complexity index is 180. The van der Waals surface area contributed by atoms with E-state index >= 15 is 0 Å². The molecule has 1 heterocycles. The van der Waals surface area contributed by atoms with Crippen LogP contribution in [0.2, 0.25) is 0 Å². The number of urea groups is 1. The van der Waals surface area contributed by atoms with E-state index < -0.39 is 0 Å². The van der Waals surface area contributed by atoms with Crippen LogP contribution in [-0.4, -0.2) is 42.5 Å². The van der Waals surface area contributed by atoms with Crippen LogP contribution in [0.5, 0.6) is 0 Å². The van der Waals surface area contributed by atoms with Gasteiger partial charge in [-0.2, -0.15) is 0 Å². The molecule has 0 N–H and O–H groups in total. The third kappa shape index (κ3) is 2.36. The second-order valence-corrected chi connectivity index (χ2v) is 3.93. The highest BCUT2D eigenvalue weighted by atomic mass is 16.2. The maximum atomic E-state index is 11.7. The molecule has 0 aromatic rings. The molecule has 3 heteroatoms. The number of likely N-dealkylation sites (tertiary alicyclic amines) is 1. The first kappa shape index (κ1) is 10.4. The molecule has 2 amide bonds. The van der Waals surface area contributed by atoms with Crippen molar-refractivity contribution in [3.8, 4) is 0 Å². The number of hydrogen-bond acceptors (Lipinski definition) is 1. The van der Waals surface area contributed by atoms with E-state index in [1.807, 2.05) is 19.0 Å². The van der Waals surface area contributed by atoms with E-state index in [0.717, 1.165) is 19.4 Å². The third-order valence-corrected chi connectivity index (χ3v) is 2.73. The van der Waals surface area contributed by atoms with Gasteiger partial charge in [-0.25, -0.2) is 4.79 Å². The van der Waals surface area contributed by atoms with Crippen LogP contribution in [0.4, 0.5) is 4.79 Å². The zero-order valence-electron chi connectivity index (χ0n) is 8.92. The number of rotatable bonds is 1. The summed E-state index contributed by atoms with van der Waals surface area (Å²) in [6.07, 6.45) is 4.70. The molecule has 1 aliphatic rings. The summed E-state index contributed by atoms with van der Waals surface area (Å²) in [6.45, 7) is 3.10. The second-order valence-electron chi connectivity index (χ2n) is 3.93. The van der Waals surface area contributed by atoms with E-state index in [-0.39, 0.29) is 6.03 Å². The quantitative estimate of drug-likeness (QED) is 0.611. The molecule has 0 aromatic heterocycles. The minimum atomic E-state index is 0.173. The highest BCUT2D eigenvalue weighted by molar-refractivity contribution is 5.74. The fourth-order valence-electron chi connectivity index (χ4n) is 1.93. The Labute approximate surface area is 80.7 Å². The van der Waals surface area contributed by atoms with Crippen molar-refractivity contribution in [2.45, 2.75) is 38.6 Å². The molecule has 1 saturated heterocycles. The van der Waals surface area contributed by atoms with E-state index in [4.69, 9.17) is 0 Å². The highest BCUT2D eigenvalue weighted by Gasteiger charge is 2.25. The molecule has 13 heavy (non-hydrogen) atoms. The van der Waals surface area contributed by atoms with Gasteiger partial charge in [0.25, 0.3) is 0 Å². The lowest BCUT2D eigenvalue weighted by Gasteiger charge is -2.36. The van der Waals surface area contributed by atoms with Crippen molar-refractivity contribution in [3.05, 3.63) is 0 Å². The molecule has 1 atom stereocenters. The van der Waals surface area contributed by atoms with Gasteiger partial charge in [-0.15, -0.1) is 0 Å². The van der Waals surface area contributed by atoms with Gasteiger partial charge in [0.1, 0.15) is 0 Å². The van der Waals surface area contributed by atoms with E-state index in [1.165, 1.54) is 12.8 Å². The van der Waals surface area contributed by atoms with E-state index in [1.54, 1.807) is 4.90 Å². The van der Waals surface area contributed by atoms with E-state index in [0.29, 0.717) is 6.04 Å². The van der Waals surface area contributed by atoms with Crippen molar-refractivity contribution >= 4 is 6.03 Å². The van der Waals surface area contributed by atoms with Crippen LogP contribution in [-0.2, 0) is 0 Å². The van der Waals surface area contributed by atoms with Gasteiger partial charge < -0.3 is 9.80 Å². The fourth-order valence-corrected chi connectivity index (χ4v) is 1.93. The van der Waals surface area contributed by atoms with Gasteiger partial charge in [0.15, 0.2) is 0 Å². The maximum Gasteiger partial charge on any atom is 0.319 e. The standard InChI is InChI=1S/C10H20N2O/c1-4-9-7-5-6-8-12(9)10(13)11(2)3/h9H,4-8H2,1-3H3. The first-order valence-corrected chi connectivity index (χ1v) is 5.14. The van der Waals surface area contributed by atoms with Gasteiger partial charge in [0.2, 0.25) is 0 Å². The molecule has 0 spiro atoms. The Kier molecular flexibility index (Phi) is 3.58. The van der Waals surface area contributed by atoms with Crippen molar-refractivity contribution in [1.29, 1.82) is 0 Å². The summed E-state index contributed by atoms with van der Waals surface area (Å²) >= 11 is 0. The number of piperidine rings is 1. The van der Waals surface area contributed by atoms with Crippen molar-refractivity contribution in [1.82, 2.24) is 9.80 Å². The summed E-state index contributed by atoms with van der Waals surface area (Å²) < 4.78 is 0. The molecule has 0 radical (unpaired) electrons. The summed E-state index contributed by atoms with van der Waals surface area (Å²) in [5.41, 5.74) is 0. The molecule has 1 aliphatic heterocycles. The fraction of sp³-hybridized carbons (Fsp3) is 0.900. The Hall–Kier alpha value is -0.730. The number of carbonyl (C=O) groups excluding carboxylic acids is 1. The summed E-state index contributed by atoms with van der Waals surface area (Å²) in [6, 6.07) is 0.648. The Morgan fingerprint density at radius 3 is 2.69 bits per heavy atom. The molecule has 0 saturated carbocycles. The van der Waals surface area contributed by atoms with Crippen LogP contribution >= 0.6 is 0 Å². The zero-order valence-corrected chi connectivity index (χ0v) is 8.92. The average Bonchev–Trinajstić information content (AvgIpc) is 2.16. The van der Waals surface area contributed by atoms with Crippen LogP contribution in [0, 0.1) is 0 Å². The van der Waals surface area contributed by atoms with E-state index in [9.17, 15) is 4.79 Å². The Balaban J connectivity index is 2.58. The summed E-state index contributed by atoms with van der Waals surface area (Å²) in [7, 11) is 3.65. The Morgan fingerprint density at radius 1 is 1.46 bits per heavy atom. The SMILES string of the molecule is CCC1CCCCN1C(=O)N(C)C. The van der Waals surface area contributed by atoms with Crippen molar-refractivity contribution in [2.75, 3.05) is 20.6 Å². The van der Waals surface area contributed by atoms with Gasteiger partial charge in [0.05, 0.1) is 0 Å². The number of amides is 2. The minimum absolute atomic E-state index is 0.173. The first-order valence-electron chi connectivity index (χ1n) is 5.14. The molecular formula is C10H20N2O. The lowest BCUT2D eigenvalue weighted by atomic mass is 10.0. The molecule has 1 rings (SSSR count). The van der Waals surface area contributed by atoms with Crippen LogP contribution < -0.4 is 0 Å². The number of carbonyl (C=O) groups is 1. The smallest absolute Gasteiger partial charge is 0.319 e. The van der Waals surface area contributed by atoms with Gasteiger partial charge >= 0.3 is 6.03 Å². The van der Waals surface area contributed by atoms with Crippen LogP contribution in [0.25, 0.3) is 0 Å². The van der Waals surface area contributed by atoms with Crippen LogP contribution in [0.15, 0.2) is 0 Å². The van der Waals surface area contributed by atoms with Crippen molar-refractivity contribution in [2.24, 2.45) is 0 Å². The molecule has 0 aliphatic carbocycles. The second kappa shape index (κ2) is 4.49. The lowest BCUT2D eigenvalue weighted by Crippen LogP contribution is -2.47. The van der Waals surface area contributed by atoms with Gasteiger partial charge in [0, 0.05) is 26.7 Å². The zero-order chi connectivity index (χ0) is 9.84. The van der Waals surface area contributed by atoms with Gasteiger partial charge in [-0.1, -0.05) is 6.92 Å². The molecule has 1 unspecified atom stereocenters. The summed E-state index contributed by atoms with van der Waals surface area (Å²) in [5.74, 6) is 0. The molecule has 0 aromatic carbocycles. The third-order valence-electron chi connectivity index (χ3n) is 2.73. The number of nitrogens with zero attached hydrogens (tertiary/aromatic N) is 2. The molecule has 3 nitrogen and oxygen atoms in total. The first-order chi connectivity index (χ1) is 6.16. The van der Waals surface area contributed by atoms with Crippen molar-refractivity contribution in [3.63, 3.8) is 0 Å². The monoisotopic (exact) mass is 184 g/mol. The number of hydrogen-bond donors (Lipinski definition) is 0. The average molecular weight is 184 g/mol. The van der Waals surface area contributed by atoms with E-state index in [2.05, 4.69) is 6.92 Å². The minimum Gasteiger partial charge on any atom is -0.331 e. The highest BCUT2D eigenvalue weighted by Crippen LogP contribution is 2.20. The Morgan fingerprint density at radius 2 is 2.15 bits per heavy atom. The van der Waals surface area contributed by atoms with Crippen LogP contribution in [0.3, 0.4) is 0 Å². The van der Waals surface area contributed by atoms with Crippen molar-refractivity contribution < 1.29 is 4.79 Å². The topological polar surface area (TPSA) is 23.6 Å². The normalized spacial score (nSPS) is 23.0. The lowest BCUT2D eigenvalue weighted by molar-refractivity contribution is 0.127. The molecule has 0 bridgehead atoms. The van der Waals surface area contributed by atoms with Gasteiger partial charge in [-0.3, -0.25) is 0 Å². The largest absolute Gasteiger partial charge is 0.331 e. The van der Waals surface area contributed by atoms with Crippen LogP contribution in [0.1, 0.15) is 32.6 Å². The molecule has 76 valence electrons. The summed E-state index contributed by atoms with van der Waals surface area (Å²) in [4.78, 5) is 15.4. The summed E-state index contributed by atoms with van der Waals surface area (Å²) in [5, 5.41) is 0.